The van der Waals surface area contributed by atoms with Gasteiger partial charge in [0.25, 0.3) is 0 Å². The van der Waals surface area contributed by atoms with Gasteiger partial charge in [-0.3, -0.25) is 9.48 Å². The third kappa shape index (κ3) is 3.41. The van der Waals surface area contributed by atoms with Crippen LogP contribution >= 0.6 is 0 Å². The number of aromatic nitrogens is 3. The van der Waals surface area contributed by atoms with Crippen molar-refractivity contribution in [1.29, 1.82) is 0 Å². The Kier molecular flexibility index (Phi) is 4.43. The first kappa shape index (κ1) is 13.7. The van der Waals surface area contributed by atoms with Crippen molar-refractivity contribution in [3.8, 4) is 0 Å². The van der Waals surface area contributed by atoms with Crippen LogP contribution in [0.1, 0.15) is 16.8 Å². The average molecular weight is 274 g/mol. The van der Waals surface area contributed by atoms with Gasteiger partial charge in [-0.15, -0.1) is 5.10 Å². The van der Waals surface area contributed by atoms with E-state index in [0.29, 0.717) is 17.8 Å². The van der Waals surface area contributed by atoms with Crippen LogP contribution in [0.15, 0.2) is 36.7 Å². The van der Waals surface area contributed by atoms with Gasteiger partial charge in [0.1, 0.15) is 0 Å². The summed E-state index contributed by atoms with van der Waals surface area (Å²) in [6, 6.07) is 6.69. The molecule has 1 amide bonds. The van der Waals surface area contributed by atoms with Gasteiger partial charge in [0.2, 0.25) is 5.91 Å². The number of amides is 1. The predicted octanol–water partition coefficient (Wildman–Crippen LogP) is 1.09. The van der Waals surface area contributed by atoms with Crippen LogP contribution in [-0.2, 0) is 16.1 Å². The molecule has 7 nitrogen and oxygen atoms in total. The first-order valence-electron chi connectivity index (χ1n) is 6.02. The van der Waals surface area contributed by atoms with Crippen LogP contribution in [0, 0.1) is 0 Å². The molecule has 0 aliphatic heterocycles. The van der Waals surface area contributed by atoms with E-state index in [-0.39, 0.29) is 12.3 Å². The lowest BCUT2D eigenvalue weighted by atomic mass is 10.1. The van der Waals surface area contributed by atoms with Crippen molar-refractivity contribution in [2.75, 3.05) is 12.4 Å². The molecule has 104 valence electrons. The minimum absolute atomic E-state index is 0.211. The van der Waals surface area contributed by atoms with Crippen molar-refractivity contribution < 1.29 is 14.3 Å². The molecular weight excluding hydrogens is 260 g/mol. The van der Waals surface area contributed by atoms with Gasteiger partial charge in [-0.2, -0.15) is 0 Å². The van der Waals surface area contributed by atoms with Crippen LogP contribution in [0.4, 0.5) is 5.69 Å². The molecule has 2 aromatic rings. The predicted molar refractivity (Wildman–Crippen MR) is 71.1 cm³/mol. The monoisotopic (exact) mass is 274 g/mol. The first-order chi connectivity index (χ1) is 9.70. The minimum atomic E-state index is -0.489. The lowest BCUT2D eigenvalue weighted by Crippen LogP contribution is -2.17. The van der Waals surface area contributed by atoms with Crippen molar-refractivity contribution in [3.63, 3.8) is 0 Å². The number of carbonyl (C=O) groups is 2. The minimum Gasteiger partial charge on any atom is -0.465 e. The van der Waals surface area contributed by atoms with Crippen LogP contribution in [0.2, 0.25) is 0 Å². The number of methoxy groups -OCH3 is 1. The van der Waals surface area contributed by atoms with E-state index in [1.165, 1.54) is 7.11 Å². The number of benzene rings is 1. The Hall–Kier alpha value is -2.70. The maximum Gasteiger partial charge on any atom is 0.339 e. The smallest absolute Gasteiger partial charge is 0.339 e. The molecule has 20 heavy (non-hydrogen) atoms. The number of esters is 1. The summed E-state index contributed by atoms with van der Waals surface area (Å²) in [6.45, 7) is 0.423. The molecule has 0 saturated carbocycles. The van der Waals surface area contributed by atoms with E-state index in [4.69, 9.17) is 0 Å². The zero-order valence-corrected chi connectivity index (χ0v) is 10.9. The number of ether oxygens (including phenoxy) is 1. The Bertz CT molecular complexity index is 595. The van der Waals surface area contributed by atoms with E-state index >= 15 is 0 Å². The number of hydrogen-bond donors (Lipinski definition) is 1. The van der Waals surface area contributed by atoms with Gasteiger partial charge in [0.15, 0.2) is 0 Å². The topological polar surface area (TPSA) is 86.1 Å². The Morgan fingerprint density at radius 3 is 2.85 bits per heavy atom. The zero-order valence-electron chi connectivity index (χ0n) is 10.9. The van der Waals surface area contributed by atoms with Crippen molar-refractivity contribution in [2.45, 2.75) is 13.0 Å². The Balaban J connectivity index is 1.99. The van der Waals surface area contributed by atoms with Crippen molar-refractivity contribution in [2.24, 2.45) is 0 Å². The summed E-state index contributed by atoms with van der Waals surface area (Å²) >= 11 is 0. The quantitative estimate of drug-likeness (QED) is 0.825. The molecule has 1 aromatic carbocycles. The molecule has 0 unspecified atom stereocenters. The summed E-state index contributed by atoms with van der Waals surface area (Å²) in [5.74, 6) is -0.700. The third-order valence-electron chi connectivity index (χ3n) is 2.65. The number of para-hydroxylation sites is 1. The fourth-order valence-corrected chi connectivity index (χ4v) is 1.66. The molecule has 0 aliphatic carbocycles. The lowest BCUT2D eigenvalue weighted by molar-refractivity contribution is -0.116. The first-order valence-corrected chi connectivity index (χ1v) is 6.02. The SMILES string of the molecule is COC(=O)c1ccccc1NC(=O)CCn1ccnn1. The van der Waals surface area contributed by atoms with Gasteiger partial charge in [0, 0.05) is 12.6 Å². The second-order valence-corrected chi connectivity index (χ2v) is 4.00. The average Bonchev–Trinajstić information content (AvgIpc) is 2.98. The second kappa shape index (κ2) is 6.46. The second-order valence-electron chi connectivity index (χ2n) is 4.00. The van der Waals surface area contributed by atoms with E-state index in [1.807, 2.05) is 0 Å². The highest BCUT2D eigenvalue weighted by atomic mass is 16.5. The van der Waals surface area contributed by atoms with E-state index in [2.05, 4.69) is 20.4 Å². The Morgan fingerprint density at radius 2 is 2.15 bits per heavy atom. The number of nitrogens with zero attached hydrogens (tertiary/aromatic N) is 3. The number of carbonyl (C=O) groups excluding carboxylic acids is 2. The Morgan fingerprint density at radius 1 is 1.35 bits per heavy atom. The number of nitrogens with one attached hydrogen (secondary N) is 1. The van der Waals surface area contributed by atoms with Gasteiger partial charge in [-0.05, 0) is 12.1 Å². The van der Waals surface area contributed by atoms with E-state index in [0.717, 1.165) is 0 Å². The van der Waals surface area contributed by atoms with Crippen LogP contribution in [0.25, 0.3) is 0 Å². The van der Waals surface area contributed by atoms with E-state index < -0.39 is 5.97 Å². The number of rotatable bonds is 5. The fourth-order valence-electron chi connectivity index (χ4n) is 1.66. The van der Waals surface area contributed by atoms with Gasteiger partial charge in [-0.25, -0.2) is 4.79 Å². The highest BCUT2D eigenvalue weighted by Gasteiger charge is 2.13. The summed E-state index contributed by atoms with van der Waals surface area (Å²) in [4.78, 5) is 23.4. The summed E-state index contributed by atoms with van der Waals surface area (Å²) < 4.78 is 6.23. The summed E-state index contributed by atoms with van der Waals surface area (Å²) in [5.41, 5.74) is 0.757. The third-order valence-corrected chi connectivity index (χ3v) is 2.65. The van der Waals surface area contributed by atoms with Crippen LogP contribution < -0.4 is 5.32 Å². The van der Waals surface area contributed by atoms with Crippen LogP contribution in [-0.4, -0.2) is 34.0 Å². The molecule has 2 rings (SSSR count). The molecule has 0 aliphatic rings. The summed E-state index contributed by atoms with van der Waals surface area (Å²) in [5, 5.41) is 10.1. The molecule has 1 heterocycles. The van der Waals surface area contributed by atoms with Gasteiger partial charge in [0.05, 0.1) is 31.1 Å². The van der Waals surface area contributed by atoms with Crippen molar-refractivity contribution in [1.82, 2.24) is 15.0 Å². The van der Waals surface area contributed by atoms with Crippen molar-refractivity contribution in [3.05, 3.63) is 42.2 Å². The van der Waals surface area contributed by atoms with Gasteiger partial charge < -0.3 is 10.1 Å². The maximum atomic E-state index is 11.8. The normalized spacial score (nSPS) is 10.1. The molecule has 0 radical (unpaired) electrons. The highest BCUT2D eigenvalue weighted by Crippen LogP contribution is 2.16. The largest absolute Gasteiger partial charge is 0.465 e. The molecule has 1 N–H and O–H groups in total. The Labute approximate surface area is 115 Å². The van der Waals surface area contributed by atoms with E-state index in [1.54, 1.807) is 41.3 Å². The molecule has 1 aromatic heterocycles. The van der Waals surface area contributed by atoms with Crippen LogP contribution in [0.3, 0.4) is 0 Å². The summed E-state index contributed by atoms with van der Waals surface area (Å²) in [6.07, 6.45) is 3.46. The zero-order chi connectivity index (χ0) is 14.4. The molecule has 0 bridgehead atoms. The van der Waals surface area contributed by atoms with Gasteiger partial charge in [-0.1, -0.05) is 17.3 Å². The van der Waals surface area contributed by atoms with Crippen molar-refractivity contribution >= 4 is 17.6 Å². The number of aryl methyl sites for hydroxylation is 1. The lowest BCUT2D eigenvalue weighted by Gasteiger charge is -2.09. The maximum absolute atomic E-state index is 11.8. The number of anilines is 1. The molecule has 0 fully saturated rings. The summed E-state index contributed by atoms with van der Waals surface area (Å²) in [7, 11) is 1.30. The molecule has 0 atom stereocenters. The standard InChI is InChI=1S/C13H14N4O3/c1-20-13(19)10-4-2-3-5-11(10)15-12(18)6-8-17-9-7-14-16-17/h2-5,7,9H,6,8H2,1H3,(H,15,18). The number of hydrogen-bond acceptors (Lipinski definition) is 5. The fraction of sp³-hybridized carbons (Fsp3) is 0.231. The van der Waals surface area contributed by atoms with Crippen LogP contribution in [0.5, 0.6) is 0 Å². The molecule has 0 spiro atoms. The highest BCUT2D eigenvalue weighted by molar-refractivity contribution is 6.01. The molecular formula is C13H14N4O3. The van der Waals surface area contributed by atoms with Gasteiger partial charge >= 0.3 is 5.97 Å². The van der Waals surface area contributed by atoms with E-state index in [9.17, 15) is 9.59 Å². The molecule has 7 heteroatoms. The molecule has 0 saturated heterocycles.